The number of methoxy groups -OCH3 is 2. The molecule has 0 atom stereocenters. The molecule has 0 fully saturated rings. The number of aliphatic imine (C=N–C) groups is 1. The summed E-state index contributed by atoms with van der Waals surface area (Å²) >= 11 is 0. The highest BCUT2D eigenvalue weighted by atomic mass is 127. The normalized spacial score (nSPS) is 10.8. The molecule has 2 aromatic rings. The number of nitrogens with one attached hydrogen (secondary N) is 2. The highest BCUT2D eigenvalue weighted by Crippen LogP contribution is 2.27. The third-order valence-electron chi connectivity index (χ3n) is 3.68. The van der Waals surface area contributed by atoms with Gasteiger partial charge < -0.3 is 20.1 Å². The van der Waals surface area contributed by atoms with E-state index in [1.165, 1.54) is 6.33 Å². The number of nitrogens with zero attached hydrogens (tertiary/aromatic N) is 4. The summed E-state index contributed by atoms with van der Waals surface area (Å²) in [7, 11) is 5.13. The molecule has 1 aromatic heterocycles. The van der Waals surface area contributed by atoms with Crippen molar-refractivity contribution in [3.05, 3.63) is 35.9 Å². The lowest BCUT2D eigenvalue weighted by atomic mass is 10.1. The van der Waals surface area contributed by atoms with Crippen LogP contribution >= 0.6 is 24.0 Å². The summed E-state index contributed by atoms with van der Waals surface area (Å²) in [6, 6.07) is 5.94. The summed E-state index contributed by atoms with van der Waals surface area (Å²) in [4.78, 5) is 8.71. The highest BCUT2D eigenvalue weighted by molar-refractivity contribution is 14.0. The van der Waals surface area contributed by atoms with Gasteiger partial charge in [0.05, 0.1) is 14.2 Å². The lowest BCUT2D eigenvalue weighted by molar-refractivity contribution is 0.354. The van der Waals surface area contributed by atoms with E-state index in [1.54, 1.807) is 18.9 Å². The Morgan fingerprint density at radius 3 is 2.58 bits per heavy atom. The topological polar surface area (TPSA) is 85.6 Å². The van der Waals surface area contributed by atoms with Crippen molar-refractivity contribution in [2.45, 2.75) is 19.9 Å². The molecule has 0 saturated carbocycles. The molecular formula is C17H27IN6O2. The Labute approximate surface area is 171 Å². The van der Waals surface area contributed by atoms with Crippen molar-refractivity contribution in [3.8, 4) is 11.5 Å². The van der Waals surface area contributed by atoms with Gasteiger partial charge in [0.1, 0.15) is 18.7 Å². The molecule has 0 spiro atoms. The molecule has 0 aliphatic rings. The van der Waals surface area contributed by atoms with Crippen LogP contribution < -0.4 is 20.1 Å². The van der Waals surface area contributed by atoms with Gasteiger partial charge in [-0.2, -0.15) is 5.10 Å². The van der Waals surface area contributed by atoms with Crippen molar-refractivity contribution in [1.29, 1.82) is 0 Å². The fraction of sp³-hybridized carbons (Fsp3) is 0.471. The van der Waals surface area contributed by atoms with Crippen LogP contribution in [0.1, 0.15) is 18.3 Å². The maximum Gasteiger partial charge on any atom is 0.191 e. The summed E-state index contributed by atoms with van der Waals surface area (Å²) in [6.07, 6.45) is 2.37. The number of halogens is 1. The molecule has 2 rings (SSSR count). The van der Waals surface area contributed by atoms with E-state index in [-0.39, 0.29) is 24.0 Å². The van der Waals surface area contributed by atoms with Crippen molar-refractivity contribution in [2.75, 3.05) is 27.3 Å². The number of benzene rings is 1. The molecule has 0 unspecified atom stereocenters. The molecule has 0 radical (unpaired) electrons. The van der Waals surface area contributed by atoms with Gasteiger partial charge in [-0.25, -0.2) is 9.98 Å². The van der Waals surface area contributed by atoms with Gasteiger partial charge in [-0.3, -0.25) is 4.68 Å². The Balaban J connectivity index is 0.00000338. The Hall–Kier alpha value is -2.04. The molecule has 8 nitrogen and oxygen atoms in total. The first-order valence-corrected chi connectivity index (χ1v) is 8.23. The zero-order valence-corrected chi connectivity index (χ0v) is 18.0. The van der Waals surface area contributed by atoms with Gasteiger partial charge in [0, 0.05) is 20.1 Å². The number of aromatic nitrogens is 3. The van der Waals surface area contributed by atoms with Crippen LogP contribution in [0.2, 0.25) is 0 Å². The molecule has 0 aliphatic carbocycles. The summed E-state index contributed by atoms with van der Waals surface area (Å²) in [5.74, 6) is 3.05. The van der Waals surface area contributed by atoms with Gasteiger partial charge in [0.15, 0.2) is 17.5 Å². The first kappa shape index (κ1) is 22.0. The maximum absolute atomic E-state index is 5.34. The van der Waals surface area contributed by atoms with Crippen molar-refractivity contribution in [2.24, 2.45) is 12.0 Å². The Morgan fingerprint density at radius 1 is 1.19 bits per heavy atom. The van der Waals surface area contributed by atoms with Crippen molar-refractivity contribution >= 4 is 29.9 Å². The summed E-state index contributed by atoms with van der Waals surface area (Å²) in [6.45, 7) is 4.05. The molecule has 0 amide bonds. The zero-order valence-electron chi connectivity index (χ0n) is 15.7. The van der Waals surface area contributed by atoms with E-state index in [0.717, 1.165) is 48.4 Å². The third-order valence-corrected chi connectivity index (χ3v) is 3.68. The van der Waals surface area contributed by atoms with Crippen LogP contribution in [0.3, 0.4) is 0 Å². The predicted octanol–water partition coefficient (Wildman–Crippen LogP) is 1.75. The first-order valence-electron chi connectivity index (χ1n) is 8.23. The number of ether oxygens (including phenoxy) is 2. The minimum atomic E-state index is 0. The predicted molar refractivity (Wildman–Crippen MR) is 112 cm³/mol. The Kier molecular flexibility index (Phi) is 9.78. The van der Waals surface area contributed by atoms with Gasteiger partial charge in [-0.05, 0) is 31.0 Å². The van der Waals surface area contributed by atoms with Gasteiger partial charge >= 0.3 is 0 Å². The molecular weight excluding hydrogens is 447 g/mol. The fourth-order valence-electron chi connectivity index (χ4n) is 2.32. The van der Waals surface area contributed by atoms with Gasteiger partial charge in [-0.15, -0.1) is 24.0 Å². The molecule has 0 saturated heterocycles. The molecule has 0 aliphatic heterocycles. The summed E-state index contributed by atoms with van der Waals surface area (Å²) < 4.78 is 12.3. The maximum atomic E-state index is 5.34. The van der Waals surface area contributed by atoms with Crippen molar-refractivity contribution in [3.63, 3.8) is 0 Å². The van der Waals surface area contributed by atoms with E-state index in [2.05, 4.69) is 25.7 Å². The molecule has 2 N–H and O–H groups in total. The Morgan fingerprint density at radius 2 is 1.96 bits per heavy atom. The van der Waals surface area contributed by atoms with E-state index >= 15 is 0 Å². The van der Waals surface area contributed by atoms with Gasteiger partial charge in [0.25, 0.3) is 0 Å². The van der Waals surface area contributed by atoms with E-state index in [0.29, 0.717) is 6.54 Å². The minimum Gasteiger partial charge on any atom is -0.493 e. The summed E-state index contributed by atoms with van der Waals surface area (Å²) in [5, 5.41) is 10.6. The van der Waals surface area contributed by atoms with Crippen LogP contribution in [-0.4, -0.2) is 48.0 Å². The lowest BCUT2D eigenvalue weighted by Crippen LogP contribution is -2.38. The van der Waals surface area contributed by atoms with Gasteiger partial charge in [-0.1, -0.05) is 6.07 Å². The van der Waals surface area contributed by atoms with Crippen LogP contribution in [0.15, 0.2) is 29.5 Å². The average molecular weight is 474 g/mol. The zero-order chi connectivity index (χ0) is 18.1. The second kappa shape index (κ2) is 11.6. The van der Waals surface area contributed by atoms with Crippen molar-refractivity contribution < 1.29 is 9.47 Å². The molecule has 1 aromatic carbocycles. The largest absolute Gasteiger partial charge is 0.493 e. The highest BCUT2D eigenvalue weighted by Gasteiger charge is 2.05. The Bertz CT molecular complexity index is 704. The molecule has 26 heavy (non-hydrogen) atoms. The standard InChI is InChI=1S/C17H26N6O2.HI/c1-5-18-17(20-11-16-21-12-22-23(16)2)19-9-8-13-6-7-14(24-3)15(10-13)25-4;/h6-7,10,12H,5,8-9,11H2,1-4H3,(H2,18,19,20);1H. The van der Waals surface area contributed by atoms with Crippen LogP contribution in [0.4, 0.5) is 0 Å². The average Bonchev–Trinajstić information content (AvgIpc) is 3.04. The van der Waals surface area contributed by atoms with E-state index in [4.69, 9.17) is 9.47 Å². The number of rotatable bonds is 8. The lowest BCUT2D eigenvalue weighted by Gasteiger charge is -2.12. The van der Waals surface area contributed by atoms with Crippen LogP contribution in [-0.2, 0) is 20.0 Å². The minimum absolute atomic E-state index is 0. The second-order valence-electron chi connectivity index (χ2n) is 5.36. The molecule has 0 bridgehead atoms. The summed E-state index contributed by atoms with van der Waals surface area (Å²) in [5.41, 5.74) is 1.16. The first-order chi connectivity index (χ1) is 12.2. The fourth-order valence-corrected chi connectivity index (χ4v) is 2.32. The number of aryl methyl sites for hydroxylation is 1. The third kappa shape index (κ3) is 6.36. The van der Waals surface area contributed by atoms with Crippen LogP contribution in [0, 0.1) is 0 Å². The quantitative estimate of drug-likeness (QED) is 0.345. The SMILES string of the molecule is CCNC(=NCc1ncnn1C)NCCc1ccc(OC)c(OC)c1.I. The number of hydrogen-bond donors (Lipinski definition) is 2. The van der Waals surface area contributed by atoms with E-state index in [1.807, 2.05) is 32.2 Å². The monoisotopic (exact) mass is 474 g/mol. The molecule has 9 heteroatoms. The van der Waals surface area contributed by atoms with E-state index < -0.39 is 0 Å². The number of hydrogen-bond acceptors (Lipinski definition) is 5. The van der Waals surface area contributed by atoms with Crippen molar-refractivity contribution in [1.82, 2.24) is 25.4 Å². The van der Waals surface area contributed by atoms with Crippen LogP contribution in [0.25, 0.3) is 0 Å². The molecule has 1 heterocycles. The second-order valence-corrected chi connectivity index (χ2v) is 5.36. The molecule has 144 valence electrons. The smallest absolute Gasteiger partial charge is 0.191 e. The van der Waals surface area contributed by atoms with Crippen LogP contribution in [0.5, 0.6) is 11.5 Å². The van der Waals surface area contributed by atoms with Gasteiger partial charge in [0.2, 0.25) is 0 Å². The number of guanidine groups is 1. The van der Waals surface area contributed by atoms with E-state index in [9.17, 15) is 0 Å².